The normalized spacial score (nSPS) is 16.7. The van der Waals surface area contributed by atoms with Crippen molar-refractivity contribution in [2.75, 3.05) is 19.1 Å². The summed E-state index contributed by atoms with van der Waals surface area (Å²) in [4.78, 5) is 32.0. The van der Waals surface area contributed by atoms with E-state index in [1.54, 1.807) is 29.3 Å². The lowest BCUT2D eigenvalue weighted by Crippen LogP contribution is -2.30. The summed E-state index contributed by atoms with van der Waals surface area (Å²) in [5, 5.41) is 11.6. The number of ether oxygens (including phenoxy) is 2. The van der Waals surface area contributed by atoms with Crippen LogP contribution in [0.25, 0.3) is 11.3 Å². The number of aliphatic hydroxyl groups excluding tert-OH is 1. The summed E-state index contributed by atoms with van der Waals surface area (Å²) >= 11 is 0. The summed E-state index contributed by atoms with van der Waals surface area (Å²) in [7, 11) is 2.41. The number of pyridine rings is 1. The Labute approximate surface area is 200 Å². The van der Waals surface area contributed by atoms with Gasteiger partial charge in [0.25, 0.3) is 0 Å². The average Bonchev–Trinajstić information content (AvgIpc) is 3.50. The molecular formula is C26H22N2O7. The Morgan fingerprint density at radius 1 is 1.03 bits per heavy atom. The number of carbonyl (C=O) groups is 2. The van der Waals surface area contributed by atoms with E-state index in [0.717, 1.165) is 5.56 Å². The van der Waals surface area contributed by atoms with Crippen molar-refractivity contribution in [2.24, 2.45) is 0 Å². The zero-order chi connectivity index (χ0) is 24.7. The number of anilines is 2. The van der Waals surface area contributed by atoms with E-state index < -0.39 is 24.1 Å². The van der Waals surface area contributed by atoms with Gasteiger partial charge < -0.3 is 28.3 Å². The van der Waals surface area contributed by atoms with Crippen molar-refractivity contribution in [3.63, 3.8) is 0 Å². The molecule has 1 aliphatic rings. The van der Waals surface area contributed by atoms with E-state index >= 15 is 0 Å². The second-order valence-corrected chi connectivity index (χ2v) is 8.06. The summed E-state index contributed by atoms with van der Waals surface area (Å²) in [5.41, 5.74) is 3.09. The molecule has 2 atom stereocenters. The molecule has 3 aromatic heterocycles. The summed E-state index contributed by atoms with van der Waals surface area (Å²) in [5.74, 6) is -1.80. The molecule has 5 rings (SSSR count). The van der Waals surface area contributed by atoms with Gasteiger partial charge in [-0.2, -0.15) is 0 Å². The SMILES string of the molecule is COC(=O)c1oc2c(c1C(=O)OC)N(c1ccc(C)cc1)[C@@H](c1ccccn1)[C@H](O)c1cocc1-2. The number of methoxy groups -OCH3 is 2. The second kappa shape index (κ2) is 8.77. The van der Waals surface area contributed by atoms with E-state index in [0.29, 0.717) is 22.5 Å². The van der Waals surface area contributed by atoms with Crippen LogP contribution >= 0.6 is 0 Å². The van der Waals surface area contributed by atoms with Crippen LogP contribution in [0.3, 0.4) is 0 Å². The highest BCUT2D eigenvalue weighted by atomic mass is 16.5. The average molecular weight is 474 g/mol. The second-order valence-electron chi connectivity index (χ2n) is 8.06. The Morgan fingerprint density at radius 3 is 2.43 bits per heavy atom. The number of aryl methyl sites for hydroxylation is 1. The number of fused-ring (bicyclic) bond motifs is 3. The third kappa shape index (κ3) is 3.57. The Balaban J connectivity index is 1.91. The molecule has 9 heteroatoms. The number of furan rings is 2. The maximum atomic E-state index is 13.1. The number of benzene rings is 1. The first-order valence-electron chi connectivity index (χ1n) is 10.8. The summed E-state index contributed by atoms with van der Waals surface area (Å²) in [6.45, 7) is 1.95. The first-order chi connectivity index (χ1) is 17.0. The van der Waals surface area contributed by atoms with Gasteiger partial charge in [-0.1, -0.05) is 23.8 Å². The van der Waals surface area contributed by atoms with E-state index in [4.69, 9.17) is 18.3 Å². The largest absolute Gasteiger partial charge is 0.471 e. The lowest BCUT2D eigenvalue weighted by molar-refractivity contribution is 0.0529. The number of nitrogens with zero attached hydrogens (tertiary/aromatic N) is 2. The van der Waals surface area contributed by atoms with Crippen LogP contribution in [0.5, 0.6) is 0 Å². The fraction of sp³-hybridized carbons (Fsp3) is 0.192. The quantitative estimate of drug-likeness (QED) is 0.419. The standard InChI is InChI=1S/C26H22N2O7/c1-14-7-9-15(10-8-14)28-20(18-6-4-5-11-27-18)22(29)16-12-34-13-17(16)23-21(28)19(25(30)32-2)24(35-23)26(31)33-3/h4-13,20,22,29H,1-3H3/t20-,22+/m0/s1. The molecule has 9 nitrogen and oxygen atoms in total. The van der Waals surface area contributed by atoms with Crippen molar-refractivity contribution in [2.45, 2.75) is 19.1 Å². The Bertz CT molecular complexity index is 1390. The lowest BCUT2D eigenvalue weighted by atomic mass is 9.98. The molecule has 1 N–H and O–H groups in total. The van der Waals surface area contributed by atoms with Gasteiger partial charge in [0, 0.05) is 17.4 Å². The summed E-state index contributed by atoms with van der Waals surface area (Å²) < 4.78 is 21.3. The minimum absolute atomic E-state index is 0.128. The minimum Gasteiger partial charge on any atom is -0.471 e. The molecule has 0 amide bonds. The van der Waals surface area contributed by atoms with E-state index in [-0.39, 0.29) is 22.8 Å². The summed E-state index contributed by atoms with van der Waals surface area (Å²) in [6, 6.07) is 12.1. The molecule has 0 aliphatic carbocycles. The van der Waals surface area contributed by atoms with Gasteiger partial charge in [-0.25, -0.2) is 9.59 Å². The fourth-order valence-corrected chi connectivity index (χ4v) is 4.37. The first kappa shape index (κ1) is 22.4. The van der Waals surface area contributed by atoms with Gasteiger partial charge in [0.15, 0.2) is 5.76 Å². The topological polar surface area (TPSA) is 115 Å². The zero-order valence-corrected chi connectivity index (χ0v) is 19.2. The first-order valence-corrected chi connectivity index (χ1v) is 10.8. The van der Waals surface area contributed by atoms with Crippen molar-refractivity contribution in [1.82, 2.24) is 4.98 Å². The molecule has 0 fully saturated rings. The van der Waals surface area contributed by atoms with Crippen LogP contribution < -0.4 is 4.90 Å². The van der Waals surface area contributed by atoms with Crippen LogP contribution in [0.15, 0.2) is 70.0 Å². The van der Waals surface area contributed by atoms with Crippen molar-refractivity contribution in [3.8, 4) is 11.3 Å². The van der Waals surface area contributed by atoms with Crippen molar-refractivity contribution in [1.29, 1.82) is 0 Å². The molecule has 0 unspecified atom stereocenters. The molecule has 0 saturated carbocycles. The monoisotopic (exact) mass is 474 g/mol. The smallest absolute Gasteiger partial charge is 0.374 e. The van der Waals surface area contributed by atoms with E-state index in [1.807, 2.05) is 31.2 Å². The molecule has 178 valence electrons. The zero-order valence-electron chi connectivity index (χ0n) is 19.2. The molecule has 0 spiro atoms. The maximum Gasteiger partial charge on any atom is 0.374 e. The van der Waals surface area contributed by atoms with Crippen LogP contribution in [0.2, 0.25) is 0 Å². The molecule has 0 radical (unpaired) electrons. The van der Waals surface area contributed by atoms with Gasteiger partial charge >= 0.3 is 11.9 Å². The van der Waals surface area contributed by atoms with E-state index in [1.165, 1.54) is 26.7 Å². The third-order valence-electron chi connectivity index (χ3n) is 6.02. The molecular weight excluding hydrogens is 452 g/mol. The number of carbonyl (C=O) groups excluding carboxylic acids is 2. The molecule has 0 saturated heterocycles. The lowest BCUT2D eigenvalue weighted by Gasteiger charge is -2.34. The highest BCUT2D eigenvalue weighted by Crippen LogP contribution is 2.54. The minimum atomic E-state index is -1.13. The molecule has 0 bridgehead atoms. The predicted octanol–water partition coefficient (Wildman–Crippen LogP) is 4.74. The molecule has 1 aliphatic heterocycles. The summed E-state index contributed by atoms with van der Waals surface area (Å²) in [6.07, 6.45) is 3.30. The molecule has 4 heterocycles. The van der Waals surface area contributed by atoms with Crippen molar-refractivity contribution in [3.05, 3.63) is 89.3 Å². The van der Waals surface area contributed by atoms with E-state index in [2.05, 4.69) is 4.98 Å². The van der Waals surface area contributed by atoms with Crippen LogP contribution in [0.1, 0.15) is 49.9 Å². The van der Waals surface area contributed by atoms with Crippen molar-refractivity contribution < 1.29 is 33.0 Å². The number of rotatable bonds is 4. The number of esters is 2. The highest BCUT2D eigenvalue weighted by Gasteiger charge is 2.45. The van der Waals surface area contributed by atoms with Crippen LogP contribution in [-0.4, -0.2) is 36.2 Å². The molecule has 1 aromatic carbocycles. The highest BCUT2D eigenvalue weighted by molar-refractivity contribution is 6.09. The third-order valence-corrected chi connectivity index (χ3v) is 6.02. The Hall–Kier alpha value is -4.37. The van der Waals surface area contributed by atoms with E-state index in [9.17, 15) is 14.7 Å². The van der Waals surface area contributed by atoms with Gasteiger partial charge in [-0.05, 0) is 31.2 Å². The number of hydrogen-bond acceptors (Lipinski definition) is 9. The van der Waals surface area contributed by atoms with Gasteiger partial charge in [0.1, 0.15) is 29.7 Å². The number of aromatic nitrogens is 1. The Kier molecular flexibility index (Phi) is 5.62. The number of aliphatic hydroxyl groups is 1. The Morgan fingerprint density at radius 2 is 1.77 bits per heavy atom. The van der Waals surface area contributed by atoms with Crippen LogP contribution in [-0.2, 0) is 9.47 Å². The fourth-order valence-electron chi connectivity index (χ4n) is 4.37. The number of hydrogen-bond donors (Lipinski definition) is 1. The van der Waals surface area contributed by atoms with Crippen molar-refractivity contribution >= 4 is 23.3 Å². The van der Waals surface area contributed by atoms with Gasteiger partial charge in [-0.3, -0.25) is 4.98 Å². The van der Waals surface area contributed by atoms with Gasteiger partial charge in [0.05, 0.1) is 31.7 Å². The maximum absolute atomic E-state index is 13.1. The van der Waals surface area contributed by atoms with Gasteiger partial charge in [-0.15, -0.1) is 0 Å². The van der Waals surface area contributed by atoms with Crippen LogP contribution in [0, 0.1) is 6.92 Å². The van der Waals surface area contributed by atoms with Gasteiger partial charge in [0.2, 0.25) is 5.76 Å². The molecule has 4 aromatic rings. The predicted molar refractivity (Wildman–Crippen MR) is 124 cm³/mol. The molecule has 35 heavy (non-hydrogen) atoms. The van der Waals surface area contributed by atoms with Crippen LogP contribution in [0.4, 0.5) is 11.4 Å².